The van der Waals surface area contributed by atoms with Crippen LogP contribution in [0.4, 0.5) is 5.82 Å². The first-order valence-electron chi connectivity index (χ1n) is 7.68. The Morgan fingerprint density at radius 2 is 2.38 bits per heavy atom. The molecule has 1 amide bonds. The van der Waals surface area contributed by atoms with E-state index in [2.05, 4.69) is 42.3 Å². The number of nitrogens with zero attached hydrogens (tertiary/aromatic N) is 5. The Hall–Kier alpha value is -2.40. The number of carbonyl (C=O) groups is 1. The molecule has 0 spiro atoms. The highest BCUT2D eigenvalue weighted by atomic mass is 79.9. The first-order chi connectivity index (χ1) is 11.6. The van der Waals surface area contributed by atoms with Crippen molar-refractivity contribution in [3.05, 3.63) is 40.3 Å². The Labute approximate surface area is 148 Å². The van der Waals surface area contributed by atoms with Crippen LogP contribution in [-0.2, 0) is 7.05 Å². The van der Waals surface area contributed by atoms with Crippen molar-refractivity contribution in [1.82, 2.24) is 20.1 Å². The molecule has 2 aromatic heterocycles. The number of hydrogen-bond acceptors (Lipinski definition) is 5. The molecule has 1 aliphatic rings. The van der Waals surface area contributed by atoms with Gasteiger partial charge in [-0.15, -0.1) is 0 Å². The average molecular weight is 389 g/mol. The van der Waals surface area contributed by atoms with Gasteiger partial charge >= 0.3 is 0 Å². The zero-order valence-electron chi connectivity index (χ0n) is 13.2. The summed E-state index contributed by atoms with van der Waals surface area (Å²) in [7, 11) is 1.78. The summed E-state index contributed by atoms with van der Waals surface area (Å²) in [6, 6.07) is 5.65. The second kappa shape index (κ2) is 7.01. The Bertz CT molecular complexity index is 796. The summed E-state index contributed by atoms with van der Waals surface area (Å²) in [5, 5.41) is 16.5. The maximum atomic E-state index is 12.3. The fraction of sp³-hybridized carbons (Fsp3) is 0.375. The van der Waals surface area contributed by atoms with E-state index in [0.29, 0.717) is 23.6 Å². The number of nitriles is 1. The zero-order chi connectivity index (χ0) is 17.1. The minimum atomic E-state index is -0.174. The zero-order valence-corrected chi connectivity index (χ0v) is 14.8. The summed E-state index contributed by atoms with van der Waals surface area (Å²) in [6.45, 7) is 1.45. The van der Waals surface area contributed by atoms with Gasteiger partial charge in [-0.1, -0.05) is 0 Å². The molecule has 24 heavy (non-hydrogen) atoms. The molecule has 0 aromatic carbocycles. The van der Waals surface area contributed by atoms with E-state index in [0.717, 1.165) is 23.9 Å². The van der Waals surface area contributed by atoms with E-state index >= 15 is 0 Å². The maximum Gasteiger partial charge on any atom is 0.272 e. The van der Waals surface area contributed by atoms with Crippen molar-refractivity contribution in [3.8, 4) is 6.07 Å². The van der Waals surface area contributed by atoms with Crippen LogP contribution in [0, 0.1) is 11.3 Å². The van der Waals surface area contributed by atoms with Gasteiger partial charge in [-0.2, -0.15) is 10.4 Å². The van der Waals surface area contributed by atoms with Crippen LogP contribution in [-0.4, -0.2) is 39.8 Å². The summed E-state index contributed by atoms with van der Waals surface area (Å²) < 4.78 is 2.38. The van der Waals surface area contributed by atoms with Crippen LogP contribution in [0.25, 0.3) is 0 Å². The fourth-order valence-corrected chi connectivity index (χ4v) is 3.18. The van der Waals surface area contributed by atoms with E-state index in [1.165, 1.54) is 0 Å². The molecule has 2 aromatic rings. The molecule has 3 rings (SSSR count). The highest BCUT2D eigenvalue weighted by Gasteiger charge is 2.25. The van der Waals surface area contributed by atoms with Crippen LogP contribution in [0.3, 0.4) is 0 Å². The van der Waals surface area contributed by atoms with Crippen LogP contribution in [0.5, 0.6) is 0 Å². The van der Waals surface area contributed by atoms with Crippen molar-refractivity contribution in [3.63, 3.8) is 0 Å². The third-order valence-corrected chi connectivity index (χ3v) is 4.39. The number of pyridine rings is 1. The van der Waals surface area contributed by atoms with Gasteiger partial charge in [-0.25, -0.2) is 4.98 Å². The highest BCUT2D eigenvalue weighted by Crippen LogP contribution is 2.24. The van der Waals surface area contributed by atoms with Gasteiger partial charge < -0.3 is 10.2 Å². The molecule has 0 aliphatic carbocycles. The number of amides is 1. The molecule has 0 saturated carbocycles. The first kappa shape index (κ1) is 16.5. The SMILES string of the molecule is Cn1ccc(C(=O)NC2CCCN(c3ncc(Br)cc3C#N)C2)n1. The van der Waals surface area contributed by atoms with E-state index in [9.17, 15) is 10.1 Å². The number of anilines is 1. The van der Waals surface area contributed by atoms with Gasteiger partial charge in [0.25, 0.3) is 5.91 Å². The number of carbonyl (C=O) groups excluding carboxylic acids is 1. The van der Waals surface area contributed by atoms with E-state index in [1.807, 2.05) is 0 Å². The maximum absolute atomic E-state index is 12.3. The molecular weight excluding hydrogens is 372 g/mol. The Kier molecular flexibility index (Phi) is 4.81. The van der Waals surface area contributed by atoms with Crippen molar-refractivity contribution in [2.45, 2.75) is 18.9 Å². The molecule has 1 atom stereocenters. The third kappa shape index (κ3) is 3.57. The van der Waals surface area contributed by atoms with Crippen LogP contribution in [0.1, 0.15) is 28.9 Å². The quantitative estimate of drug-likeness (QED) is 0.866. The topological polar surface area (TPSA) is 86.8 Å². The third-order valence-electron chi connectivity index (χ3n) is 3.96. The van der Waals surface area contributed by atoms with Gasteiger partial charge in [0, 0.05) is 43.0 Å². The van der Waals surface area contributed by atoms with E-state index < -0.39 is 0 Å². The Morgan fingerprint density at radius 3 is 3.08 bits per heavy atom. The van der Waals surface area contributed by atoms with Crippen LogP contribution >= 0.6 is 15.9 Å². The predicted octanol–water partition coefficient (Wildman–Crippen LogP) is 1.85. The lowest BCUT2D eigenvalue weighted by molar-refractivity contribution is 0.0927. The molecule has 0 bridgehead atoms. The summed E-state index contributed by atoms with van der Waals surface area (Å²) in [6.07, 6.45) is 5.25. The van der Waals surface area contributed by atoms with Gasteiger partial charge in [-0.3, -0.25) is 9.48 Å². The minimum Gasteiger partial charge on any atom is -0.353 e. The summed E-state index contributed by atoms with van der Waals surface area (Å²) in [5.74, 6) is 0.490. The van der Waals surface area contributed by atoms with Crippen LogP contribution in [0.2, 0.25) is 0 Å². The van der Waals surface area contributed by atoms with Crippen molar-refractivity contribution in [2.75, 3.05) is 18.0 Å². The number of halogens is 1. The normalized spacial score (nSPS) is 17.4. The average Bonchev–Trinajstić information content (AvgIpc) is 3.01. The minimum absolute atomic E-state index is 0.00486. The van der Waals surface area contributed by atoms with Crippen molar-refractivity contribution in [1.29, 1.82) is 5.26 Å². The Morgan fingerprint density at radius 1 is 1.54 bits per heavy atom. The van der Waals surface area contributed by atoms with Gasteiger partial charge in [0.15, 0.2) is 0 Å². The lowest BCUT2D eigenvalue weighted by Crippen LogP contribution is -2.48. The van der Waals surface area contributed by atoms with Crippen LogP contribution in [0.15, 0.2) is 29.0 Å². The van der Waals surface area contributed by atoms with Gasteiger partial charge in [-0.05, 0) is 40.9 Å². The van der Waals surface area contributed by atoms with E-state index in [1.54, 1.807) is 36.3 Å². The van der Waals surface area contributed by atoms with Crippen molar-refractivity contribution >= 4 is 27.7 Å². The predicted molar refractivity (Wildman–Crippen MR) is 92.6 cm³/mol. The number of piperidine rings is 1. The number of nitrogens with one attached hydrogen (secondary N) is 1. The number of aryl methyl sites for hydroxylation is 1. The molecule has 124 valence electrons. The molecule has 1 unspecified atom stereocenters. The molecule has 1 saturated heterocycles. The second-order valence-corrected chi connectivity index (χ2v) is 6.69. The van der Waals surface area contributed by atoms with E-state index in [4.69, 9.17) is 0 Å². The standard InChI is InChI=1S/C16H17BrN6O/c1-22-6-4-14(21-22)16(24)20-13-3-2-5-23(10-13)15-11(8-18)7-12(17)9-19-15/h4,6-7,9,13H,2-3,5,10H2,1H3,(H,20,24). The molecule has 7 nitrogen and oxygen atoms in total. The largest absolute Gasteiger partial charge is 0.353 e. The molecule has 1 N–H and O–H groups in total. The molecule has 8 heteroatoms. The molecule has 3 heterocycles. The Balaban J connectivity index is 1.71. The summed E-state index contributed by atoms with van der Waals surface area (Å²) >= 11 is 3.34. The first-order valence-corrected chi connectivity index (χ1v) is 8.47. The van der Waals surface area contributed by atoms with Crippen LogP contribution < -0.4 is 10.2 Å². The lowest BCUT2D eigenvalue weighted by atomic mass is 10.0. The van der Waals surface area contributed by atoms with Gasteiger partial charge in [0.05, 0.1) is 5.56 Å². The summed E-state index contributed by atoms with van der Waals surface area (Å²) in [4.78, 5) is 18.7. The highest BCUT2D eigenvalue weighted by molar-refractivity contribution is 9.10. The molecular formula is C16H17BrN6O. The number of hydrogen-bond donors (Lipinski definition) is 1. The lowest BCUT2D eigenvalue weighted by Gasteiger charge is -2.34. The van der Waals surface area contributed by atoms with Crippen molar-refractivity contribution in [2.24, 2.45) is 7.05 Å². The number of rotatable bonds is 3. The summed E-state index contributed by atoms with van der Waals surface area (Å²) in [5.41, 5.74) is 0.940. The molecule has 1 aliphatic heterocycles. The second-order valence-electron chi connectivity index (χ2n) is 5.77. The monoisotopic (exact) mass is 388 g/mol. The molecule has 0 radical (unpaired) electrons. The fourth-order valence-electron chi connectivity index (χ4n) is 2.85. The van der Waals surface area contributed by atoms with E-state index in [-0.39, 0.29) is 11.9 Å². The van der Waals surface area contributed by atoms with Gasteiger partial charge in [0.1, 0.15) is 17.6 Å². The van der Waals surface area contributed by atoms with Crippen molar-refractivity contribution < 1.29 is 4.79 Å². The van der Waals surface area contributed by atoms with Gasteiger partial charge in [0.2, 0.25) is 0 Å². The number of aromatic nitrogens is 3. The smallest absolute Gasteiger partial charge is 0.272 e. The molecule has 1 fully saturated rings.